The minimum absolute atomic E-state index is 0.0255. The van der Waals surface area contributed by atoms with Gasteiger partial charge in [0.1, 0.15) is 5.52 Å². The molecule has 2 rings (SSSR count). The Morgan fingerprint density at radius 3 is 2.79 bits per heavy atom. The Morgan fingerprint density at radius 1 is 1.43 bits per heavy atom. The van der Waals surface area contributed by atoms with Crippen LogP contribution >= 0.6 is 22.6 Å². The second-order valence-electron chi connectivity index (χ2n) is 2.64. The molecule has 74 valence electrons. The molecule has 0 saturated carbocycles. The average molecular weight is 324 g/mol. The maximum Gasteiger partial charge on any atom is 0.258 e. The van der Waals surface area contributed by atoms with Gasteiger partial charge in [-0.3, -0.25) is 0 Å². The van der Waals surface area contributed by atoms with E-state index < -0.39 is 10.0 Å². The van der Waals surface area contributed by atoms with Gasteiger partial charge in [-0.1, -0.05) is 0 Å². The number of halogens is 1. The van der Waals surface area contributed by atoms with Gasteiger partial charge in [0.15, 0.2) is 5.58 Å². The Balaban J connectivity index is 2.74. The van der Waals surface area contributed by atoms with E-state index in [1.165, 1.54) is 12.1 Å². The van der Waals surface area contributed by atoms with Crippen LogP contribution in [-0.2, 0) is 10.0 Å². The molecule has 1 heterocycles. The van der Waals surface area contributed by atoms with Crippen molar-refractivity contribution in [3.8, 4) is 0 Å². The van der Waals surface area contributed by atoms with Gasteiger partial charge in [0.05, 0.1) is 4.90 Å². The third-order valence-corrected chi connectivity index (χ3v) is 3.03. The van der Waals surface area contributed by atoms with Crippen molar-refractivity contribution in [2.24, 2.45) is 5.14 Å². The molecule has 1 aromatic heterocycles. The van der Waals surface area contributed by atoms with Crippen molar-refractivity contribution >= 4 is 43.7 Å². The molecule has 0 aliphatic carbocycles. The number of hydrogen-bond acceptors (Lipinski definition) is 4. The van der Waals surface area contributed by atoms with Crippen LogP contribution in [0.1, 0.15) is 0 Å². The highest BCUT2D eigenvalue weighted by Crippen LogP contribution is 2.19. The van der Waals surface area contributed by atoms with Gasteiger partial charge < -0.3 is 4.42 Å². The molecule has 2 aromatic rings. The number of primary sulfonamides is 1. The molecule has 5 nitrogen and oxygen atoms in total. The van der Waals surface area contributed by atoms with Crippen molar-refractivity contribution in [2.75, 3.05) is 0 Å². The Kier molecular flexibility index (Phi) is 2.24. The summed E-state index contributed by atoms with van der Waals surface area (Å²) >= 11 is 1.91. The SMILES string of the molecule is NS(=O)(=O)c1ccc2nc(I)oc2c1. The molecule has 0 unspecified atom stereocenters. The highest BCUT2D eigenvalue weighted by molar-refractivity contribution is 14.1. The minimum Gasteiger partial charge on any atom is -0.432 e. The molecule has 0 bridgehead atoms. The molecule has 0 aliphatic heterocycles. The number of aromatic nitrogens is 1. The van der Waals surface area contributed by atoms with Gasteiger partial charge in [0, 0.05) is 28.7 Å². The Bertz CT molecular complexity index is 590. The Labute approximate surface area is 93.5 Å². The van der Waals surface area contributed by atoms with Crippen molar-refractivity contribution in [1.82, 2.24) is 4.98 Å². The molecule has 0 atom stereocenters. The van der Waals surface area contributed by atoms with Crippen molar-refractivity contribution in [1.29, 1.82) is 0 Å². The summed E-state index contributed by atoms with van der Waals surface area (Å²) in [7, 11) is -3.68. The first-order valence-electron chi connectivity index (χ1n) is 3.56. The van der Waals surface area contributed by atoms with Crippen LogP contribution in [0, 0.1) is 3.90 Å². The number of benzene rings is 1. The fourth-order valence-corrected chi connectivity index (χ4v) is 2.08. The van der Waals surface area contributed by atoms with Crippen molar-refractivity contribution in [3.63, 3.8) is 0 Å². The van der Waals surface area contributed by atoms with Crippen LogP contribution in [-0.4, -0.2) is 13.4 Å². The van der Waals surface area contributed by atoms with E-state index in [-0.39, 0.29) is 4.90 Å². The molecule has 2 N–H and O–H groups in total. The van der Waals surface area contributed by atoms with E-state index >= 15 is 0 Å². The molecule has 7 heteroatoms. The van der Waals surface area contributed by atoms with Crippen molar-refractivity contribution in [2.45, 2.75) is 4.90 Å². The van der Waals surface area contributed by atoms with E-state index in [1.807, 2.05) is 22.6 Å². The van der Waals surface area contributed by atoms with Gasteiger partial charge in [-0.2, -0.15) is 0 Å². The largest absolute Gasteiger partial charge is 0.432 e. The summed E-state index contributed by atoms with van der Waals surface area (Å²) in [6.07, 6.45) is 0. The molecule has 14 heavy (non-hydrogen) atoms. The van der Waals surface area contributed by atoms with Gasteiger partial charge in [0.25, 0.3) is 3.90 Å². The van der Waals surface area contributed by atoms with Crippen LogP contribution in [0.15, 0.2) is 27.5 Å². The number of sulfonamides is 1. The smallest absolute Gasteiger partial charge is 0.258 e. The van der Waals surface area contributed by atoms with Crippen molar-refractivity contribution in [3.05, 3.63) is 22.1 Å². The van der Waals surface area contributed by atoms with E-state index in [2.05, 4.69) is 4.98 Å². The summed E-state index contributed by atoms with van der Waals surface area (Å²) < 4.78 is 27.6. The lowest BCUT2D eigenvalue weighted by Crippen LogP contribution is -2.11. The van der Waals surface area contributed by atoms with Gasteiger partial charge in [-0.05, 0) is 12.1 Å². The predicted octanol–water partition coefficient (Wildman–Crippen LogP) is 1.08. The third-order valence-electron chi connectivity index (χ3n) is 1.66. The van der Waals surface area contributed by atoms with E-state index in [9.17, 15) is 8.42 Å². The number of rotatable bonds is 1. The molecular weight excluding hydrogens is 319 g/mol. The zero-order valence-electron chi connectivity index (χ0n) is 6.77. The first-order valence-corrected chi connectivity index (χ1v) is 6.18. The van der Waals surface area contributed by atoms with Gasteiger partial charge in [0.2, 0.25) is 10.0 Å². The summed E-state index contributed by atoms with van der Waals surface area (Å²) in [5.74, 6) is 0. The number of nitrogens with two attached hydrogens (primary N) is 1. The van der Waals surface area contributed by atoms with Gasteiger partial charge in [-0.25, -0.2) is 18.5 Å². The molecule has 1 aromatic carbocycles. The van der Waals surface area contributed by atoms with E-state index in [0.717, 1.165) is 0 Å². The zero-order chi connectivity index (χ0) is 10.3. The maximum atomic E-state index is 11.0. The molecule has 0 radical (unpaired) electrons. The summed E-state index contributed by atoms with van der Waals surface area (Å²) in [6, 6.07) is 4.32. The summed E-state index contributed by atoms with van der Waals surface area (Å²) in [6.45, 7) is 0. The van der Waals surface area contributed by atoms with E-state index in [4.69, 9.17) is 9.56 Å². The van der Waals surface area contributed by atoms with Crippen LogP contribution in [0.2, 0.25) is 0 Å². The second kappa shape index (κ2) is 3.17. The third kappa shape index (κ3) is 1.74. The second-order valence-corrected chi connectivity index (χ2v) is 5.13. The van der Waals surface area contributed by atoms with Crippen LogP contribution in [0.5, 0.6) is 0 Å². The quantitative estimate of drug-likeness (QED) is 0.796. The molecule has 0 aliphatic rings. The van der Waals surface area contributed by atoms with Gasteiger partial charge in [-0.15, -0.1) is 0 Å². The molecule has 0 spiro atoms. The lowest BCUT2D eigenvalue weighted by atomic mass is 10.3. The normalized spacial score (nSPS) is 12.1. The van der Waals surface area contributed by atoms with E-state index in [0.29, 0.717) is 15.0 Å². The lowest BCUT2D eigenvalue weighted by Gasteiger charge is -1.95. The molecule has 0 fully saturated rings. The zero-order valence-corrected chi connectivity index (χ0v) is 9.74. The van der Waals surface area contributed by atoms with E-state index in [1.54, 1.807) is 6.07 Å². The van der Waals surface area contributed by atoms with Crippen LogP contribution in [0.25, 0.3) is 11.1 Å². The maximum absolute atomic E-state index is 11.0. The van der Waals surface area contributed by atoms with Gasteiger partial charge >= 0.3 is 0 Å². The fourth-order valence-electron chi connectivity index (χ4n) is 1.05. The Hall–Kier alpha value is -0.670. The molecular formula is C7H5IN2O3S. The number of hydrogen-bond donors (Lipinski definition) is 1. The summed E-state index contributed by atoms with van der Waals surface area (Å²) in [5, 5.41) is 4.96. The standard InChI is InChI=1S/C7H5IN2O3S/c8-7-10-5-2-1-4(14(9,11)12)3-6(5)13-7/h1-3H,(H2,9,11,12). The fraction of sp³-hybridized carbons (Fsp3) is 0. The number of fused-ring (bicyclic) bond motifs is 1. The van der Waals surface area contributed by atoms with Crippen LogP contribution in [0.4, 0.5) is 0 Å². The lowest BCUT2D eigenvalue weighted by molar-refractivity contribution is 0.565. The van der Waals surface area contributed by atoms with Crippen LogP contribution < -0.4 is 5.14 Å². The number of oxazole rings is 1. The average Bonchev–Trinajstić information content (AvgIpc) is 2.41. The first-order chi connectivity index (χ1) is 6.47. The monoisotopic (exact) mass is 324 g/mol. The number of nitrogens with zero attached hydrogens (tertiary/aromatic N) is 1. The predicted molar refractivity (Wildman–Crippen MR) is 58.1 cm³/mol. The highest BCUT2D eigenvalue weighted by atomic mass is 127. The summed E-state index contributed by atoms with van der Waals surface area (Å²) in [4.78, 5) is 4.05. The molecule has 0 amide bonds. The first kappa shape index (κ1) is 9.87. The Morgan fingerprint density at radius 2 is 2.14 bits per heavy atom. The molecule has 0 saturated heterocycles. The topological polar surface area (TPSA) is 86.2 Å². The highest BCUT2D eigenvalue weighted by Gasteiger charge is 2.10. The van der Waals surface area contributed by atoms with Crippen molar-refractivity contribution < 1.29 is 12.8 Å². The summed E-state index contributed by atoms with van der Waals surface area (Å²) in [5.41, 5.74) is 1.03. The van der Waals surface area contributed by atoms with Crippen LogP contribution in [0.3, 0.4) is 0 Å². The minimum atomic E-state index is -3.68.